The van der Waals surface area contributed by atoms with E-state index in [4.69, 9.17) is 4.74 Å². The van der Waals surface area contributed by atoms with Gasteiger partial charge < -0.3 is 10.1 Å². The van der Waals surface area contributed by atoms with E-state index in [1.165, 1.54) is 0 Å². The maximum Gasteiger partial charge on any atom is 0.312 e. The Bertz CT molecular complexity index is 230. The van der Waals surface area contributed by atoms with Gasteiger partial charge in [0.2, 0.25) is 0 Å². The van der Waals surface area contributed by atoms with Crippen molar-refractivity contribution in [2.45, 2.75) is 52.6 Å². The molecule has 16 heavy (non-hydrogen) atoms. The minimum Gasteiger partial charge on any atom is -0.460 e. The molecule has 1 rings (SSSR count). The number of carbonyl (C=O) groups is 1. The largest absolute Gasteiger partial charge is 0.460 e. The number of rotatable bonds is 2. The molecule has 4 heteroatoms. The van der Waals surface area contributed by atoms with Crippen molar-refractivity contribution < 1.29 is 9.53 Å². The summed E-state index contributed by atoms with van der Waals surface area (Å²) in [6.07, 6.45) is 2.68. The summed E-state index contributed by atoms with van der Waals surface area (Å²) in [7, 11) is 0. The van der Waals surface area contributed by atoms with Crippen molar-refractivity contribution in [3.05, 3.63) is 0 Å². The smallest absolute Gasteiger partial charge is 0.312 e. The molecule has 0 amide bonds. The molecule has 0 bridgehead atoms. The minimum atomic E-state index is -0.371. The number of hydrogen-bond donors (Lipinski definition) is 1. The van der Waals surface area contributed by atoms with Gasteiger partial charge in [-0.25, -0.2) is 0 Å². The zero-order valence-electron chi connectivity index (χ0n) is 10.8. The highest BCUT2D eigenvalue weighted by Gasteiger charge is 2.40. The molecule has 1 heterocycles. The van der Waals surface area contributed by atoms with Gasteiger partial charge in [0.15, 0.2) is 0 Å². The molecule has 0 spiro atoms. The Morgan fingerprint density at radius 3 is 2.19 bits per heavy atom. The van der Waals surface area contributed by atoms with Crippen LogP contribution in [0.3, 0.4) is 0 Å². The van der Waals surface area contributed by atoms with Crippen LogP contribution >= 0.6 is 12.4 Å². The lowest BCUT2D eigenvalue weighted by molar-refractivity contribution is -0.169. The first kappa shape index (κ1) is 15.7. The number of esters is 1. The van der Waals surface area contributed by atoms with Gasteiger partial charge in [-0.1, -0.05) is 6.92 Å². The van der Waals surface area contributed by atoms with Crippen LogP contribution in [0, 0.1) is 5.41 Å². The Hall–Kier alpha value is -0.280. The zero-order valence-corrected chi connectivity index (χ0v) is 11.6. The van der Waals surface area contributed by atoms with Crippen molar-refractivity contribution in [1.29, 1.82) is 0 Å². The fraction of sp³-hybridized carbons (Fsp3) is 0.917. The molecule has 0 aromatic rings. The van der Waals surface area contributed by atoms with Crippen LogP contribution < -0.4 is 5.32 Å². The van der Waals surface area contributed by atoms with E-state index >= 15 is 0 Å². The van der Waals surface area contributed by atoms with Gasteiger partial charge in [0.25, 0.3) is 0 Å². The molecule has 1 aliphatic heterocycles. The van der Waals surface area contributed by atoms with E-state index in [0.29, 0.717) is 0 Å². The highest BCUT2D eigenvalue weighted by atomic mass is 35.5. The van der Waals surface area contributed by atoms with Gasteiger partial charge in [-0.3, -0.25) is 4.79 Å². The van der Waals surface area contributed by atoms with Gasteiger partial charge in [0, 0.05) is 0 Å². The second-order valence-electron chi connectivity index (χ2n) is 5.39. The molecule has 0 aliphatic carbocycles. The minimum absolute atomic E-state index is 0. The Morgan fingerprint density at radius 1 is 1.31 bits per heavy atom. The van der Waals surface area contributed by atoms with E-state index in [9.17, 15) is 4.79 Å². The molecule has 1 N–H and O–H groups in total. The Kier molecular flexibility index (Phi) is 5.77. The molecule has 1 fully saturated rings. The van der Waals surface area contributed by atoms with Crippen molar-refractivity contribution in [3.63, 3.8) is 0 Å². The number of carbonyl (C=O) groups excluding carboxylic acids is 1. The molecule has 0 aromatic heterocycles. The number of ether oxygens (including phenoxy) is 1. The Labute approximate surface area is 105 Å². The predicted octanol–water partition coefficient (Wildman–Crippen LogP) is 2.53. The summed E-state index contributed by atoms with van der Waals surface area (Å²) in [5.74, 6) is -0.0148. The molecule has 0 atom stereocenters. The van der Waals surface area contributed by atoms with Crippen molar-refractivity contribution in [3.8, 4) is 0 Å². The first-order chi connectivity index (χ1) is 6.90. The van der Waals surface area contributed by atoms with Crippen LogP contribution in [0.1, 0.15) is 47.0 Å². The van der Waals surface area contributed by atoms with Crippen LogP contribution in [0.2, 0.25) is 0 Å². The maximum atomic E-state index is 12.1. The molecule has 0 saturated carbocycles. The average molecular weight is 250 g/mol. The third kappa shape index (κ3) is 3.95. The predicted molar refractivity (Wildman–Crippen MR) is 67.9 cm³/mol. The van der Waals surface area contributed by atoms with E-state index in [-0.39, 0.29) is 29.4 Å². The number of nitrogens with one attached hydrogen (secondary N) is 1. The third-order valence-electron chi connectivity index (χ3n) is 3.07. The van der Waals surface area contributed by atoms with Gasteiger partial charge in [-0.2, -0.15) is 0 Å². The van der Waals surface area contributed by atoms with Crippen LogP contribution in [-0.2, 0) is 9.53 Å². The standard InChI is InChI=1S/C12H23NO2.ClH/c1-5-12(6-8-13-9-7-12)10(14)15-11(2,3)4;/h13H,5-9H2,1-4H3;1H. The van der Waals surface area contributed by atoms with Crippen molar-refractivity contribution >= 4 is 18.4 Å². The monoisotopic (exact) mass is 249 g/mol. The second kappa shape index (κ2) is 5.87. The fourth-order valence-corrected chi connectivity index (χ4v) is 1.99. The van der Waals surface area contributed by atoms with E-state index in [0.717, 1.165) is 32.4 Å². The third-order valence-corrected chi connectivity index (χ3v) is 3.07. The summed E-state index contributed by atoms with van der Waals surface area (Å²) in [5, 5.41) is 3.28. The van der Waals surface area contributed by atoms with E-state index in [1.54, 1.807) is 0 Å². The molecule has 1 saturated heterocycles. The molecule has 0 radical (unpaired) electrons. The van der Waals surface area contributed by atoms with Crippen LogP contribution in [-0.4, -0.2) is 24.7 Å². The van der Waals surface area contributed by atoms with Crippen molar-refractivity contribution in [2.24, 2.45) is 5.41 Å². The van der Waals surface area contributed by atoms with E-state index < -0.39 is 0 Å². The second-order valence-corrected chi connectivity index (χ2v) is 5.39. The summed E-state index contributed by atoms with van der Waals surface area (Å²) < 4.78 is 5.50. The van der Waals surface area contributed by atoms with Crippen LogP contribution in [0.15, 0.2) is 0 Å². The topological polar surface area (TPSA) is 38.3 Å². The summed E-state index contributed by atoms with van der Waals surface area (Å²) in [6.45, 7) is 9.70. The summed E-state index contributed by atoms with van der Waals surface area (Å²) in [4.78, 5) is 12.1. The van der Waals surface area contributed by atoms with Gasteiger partial charge in [0.1, 0.15) is 5.60 Å². The Morgan fingerprint density at radius 2 is 1.81 bits per heavy atom. The van der Waals surface area contributed by atoms with Crippen LogP contribution in [0.25, 0.3) is 0 Å². The molecular weight excluding hydrogens is 226 g/mol. The normalized spacial score (nSPS) is 19.8. The summed E-state index contributed by atoms with van der Waals surface area (Å²) in [5.41, 5.74) is -0.608. The van der Waals surface area contributed by atoms with Gasteiger partial charge in [0.05, 0.1) is 5.41 Å². The van der Waals surface area contributed by atoms with Crippen LogP contribution in [0.5, 0.6) is 0 Å². The summed E-state index contributed by atoms with van der Waals surface area (Å²) in [6, 6.07) is 0. The highest BCUT2D eigenvalue weighted by Crippen LogP contribution is 2.35. The average Bonchev–Trinajstić information content (AvgIpc) is 2.16. The number of halogens is 1. The summed E-state index contributed by atoms with van der Waals surface area (Å²) >= 11 is 0. The molecule has 0 aromatic carbocycles. The van der Waals surface area contributed by atoms with E-state index in [1.807, 2.05) is 20.8 Å². The highest BCUT2D eigenvalue weighted by molar-refractivity contribution is 5.85. The maximum absolute atomic E-state index is 12.1. The fourth-order valence-electron chi connectivity index (χ4n) is 1.99. The van der Waals surface area contributed by atoms with Gasteiger partial charge in [-0.15, -0.1) is 12.4 Å². The lowest BCUT2D eigenvalue weighted by Crippen LogP contribution is -2.44. The zero-order chi connectivity index (χ0) is 11.5. The lowest BCUT2D eigenvalue weighted by Gasteiger charge is -2.36. The lowest BCUT2D eigenvalue weighted by atomic mass is 9.76. The van der Waals surface area contributed by atoms with Crippen LogP contribution in [0.4, 0.5) is 0 Å². The van der Waals surface area contributed by atoms with Gasteiger partial charge >= 0.3 is 5.97 Å². The SMILES string of the molecule is CCC1(C(=O)OC(C)(C)C)CCNCC1.Cl. The van der Waals surface area contributed by atoms with Crippen molar-refractivity contribution in [1.82, 2.24) is 5.32 Å². The molecule has 1 aliphatic rings. The molecule has 96 valence electrons. The quantitative estimate of drug-likeness (QED) is 0.765. The molecule has 3 nitrogen and oxygen atoms in total. The number of piperidine rings is 1. The Balaban J connectivity index is 0.00000225. The molecular formula is C12H24ClNO2. The number of hydrogen-bond acceptors (Lipinski definition) is 3. The van der Waals surface area contributed by atoms with Gasteiger partial charge in [-0.05, 0) is 53.1 Å². The molecule has 0 unspecified atom stereocenters. The van der Waals surface area contributed by atoms with E-state index in [2.05, 4.69) is 12.2 Å². The van der Waals surface area contributed by atoms with Crippen molar-refractivity contribution in [2.75, 3.05) is 13.1 Å². The first-order valence-corrected chi connectivity index (χ1v) is 5.84. The first-order valence-electron chi connectivity index (χ1n) is 5.84.